The van der Waals surface area contributed by atoms with Crippen LogP contribution in [-0.4, -0.2) is 54.5 Å². The number of anilines is 1. The number of ether oxygens (including phenoxy) is 1. The van der Waals surface area contributed by atoms with Gasteiger partial charge >= 0.3 is 0 Å². The van der Waals surface area contributed by atoms with Crippen LogP contribution in [0.1, 0.15) is 34.0 Å². The molecule has 1 aromatic carbocycles. The maximum absolute atomic E-state index is 13.0. The van der Waals surface area contributed by atoms with E-state index in [2.05, 4.69) is 32.1 Å². The zero-order chi connectivity index (χ0) is 21.6. The number of amides is 1. The van der Waals surface area contributed by atoms with Crippen molar-refractivity contribution in [2.75, 3.05) is 38.6 Å². The molecule has 1 atom stereocenters. The van der Waals surface area contributed by atoms with Crippen molar-refractivity contribution in [1.29, 1.82) is 0 Å². The van der Waals surface area contributed by atoms with Crippen molar-refractivity contribution in [3.05, 3.63) is 70.3 Å². The second kappa shape index (κ2) is 9.89. The minimum Gasteiger partial charge on any atom is -0.486 e. The Bertz CT molecular complexity index is 993. The van der Waals surface area contributed by atoms with Crippen LogP contribution in [0.15, 0.2) is 53.6 Å². The van der Waals surface area contributed by atoms with Crippen molar-refractivity contribution in [2.24, 2.45) is 0 Å². The Hall–Kier alpha value is -2.97. The van der Waals surface area contributed by atoms with E-state index in [9.17, 15) is 4.79 Å². The summed E-state index contributed by atoms with van der Waals surface area (Å²) in [5.74, 6) is 1.48. The molecule has 1 amide bonds. The van der Waals surface area contributed by atoms with Crippen LogP contribution in [0.5, 0.6) is 5.75 Å². The number of rotatable bonds is 8. The van der Waals surface area contributed by atoms with Crippen molar-refractivity contribution in [3.8, 4) is 5.75 Å². The van der Waals surface area contributed by atoms with Gasteiger partial charge in [0.15, 0.2) is 0 Å². The van der Waals surface area contributed by atoms with Gasteiger partial charge in [-0.25, -0.2) is 9.97 Å². The molecule has 162 valence electrons. The van der Waals surface area contributed by atoms with Gasteiger partial charge in [-0.3, -0.25) is 4.79 Å². The molecule has 3 aromatic rings. The number of hydrogen-bond donors (Lipinski definition) is 1. The molecule has 1 N–H and O–H groups in total. The maximum atomic E-state index is 13.0. The molecule has 3 heterocycles. The van der Waals surface area contributed by atoms with E-state index in [0.717, 1.165) is 30.8 Å². The molecule has 1 aliphatic rings. The normalized spacial score (nSPS) is 14.8. The SMILES string of the molecule is CNCCC(Oc1ccc(CN2CCN(C)c3ncncc3C2=O)cc1)c1ccsc1. The Balaban J connectivity index is 1.44. The Labute approximate surface area is 186 Å². The van der Waals surface area contributed by atoms with Crippen LogP contribution in [0.4, 0.5) is 5.82 Å². The number of likely N-dealkylation sites (N-methyl/N-ethyl adjacent to an activating group) is 1. The molecule has 31 heavy (non-hydrogen) atoms. The molecule has 0 spiro atoms. The Kier molecular flexibility index (Phi) is 6.79. The highest BCUT2D eigenvalue weighted by Crippen LogP contribution is 2.27. The molecule has 1 aliphatic heterocycles. The first-order chi connectivity index (χ1) is 15.2. The van der Waals surface area contributed by atoms with Gasteiger partial charge in [-0.15, -0.1) is 0 Å². The van der Waals surface area contributed by atoms with E-state index in [-0.39, 0.29) is 12.0 Å². The highest BCUT2D eigenvalue weighted by molar-refractivity contribution is 7.07. The van der Waals surface area contributed by atoms with Gasteiger partial charge in [-0.1, -0.05) is 12.1 Å². The number of hydrogen-bond acceptors (Lipinski definition) is 7. The molecule has 1 unspecified atom stereocenters. The summed E-state index contributed by atoms with van der Waals surface area (Å²) in [6.45, 7) is 2.78. The van der Waals surface area contributed by atoms with E-state index in [0.29, 0.717) is 24.5 Å². The van der Waals surface area contributed by atoms with E-state index in [4.69, 9.17) is 4.74 Å². The quantitative estimate of drug-likeness (QED) is 0.583. The fourth-order valence-electron chi connectivity index (χ4n) is 3.66. The number of fused-ring (bicyclic) bond motifs is 1. The lowest BCUT2D eigenvalue weighted by Gasteiger charge is -2.22. The zero-order valence-corrected chi connectivity index (χ0v) is 18.6. The molecule has 0 fully saturated rings. The third kappa shape index (κ3) is 5.03. The van der Waals surface area contributed by atoms with Crippen molar-refractivity contribution in [3.63, 3.8) is 0 Å². The molecule has 8 heteroatoms. The summed E-state index contributed by atoms with van der Waals surface area (Å²) in [5, 5.41) is 7.41. The lowest BCUT2D eigenvalue weighted by atomic mass is 10.1. The number of carbonyl (C=O) groups is 1. The van der Waals surface area contributed by atoms with Crippen LogP contribution in [-0.2, 0) is 6.54 Å². The van der Waals surface area contributed by atoms with Crippen LogP contribution in [0.2, 0.25) is 0 Å². The number of aromatic nitrogens is 2. The molecule has 2 aromatic heterocycles. The van der Waals surface area contributed by atoms with Crippen LogP contribution in [0, 0.1) is 0 Å². The van der Waals surface area contributed by atoms with Gasteiger partial charge in [-0.2, -0.15) is 11.3 Å². The largest absolute Gasteiger partial charge is 0.486 e. The second-order valence-electron chi connectivity index (χ2n) is 7.61. The first-order valence-electron chi connectivity index (χ1n) is 10.4. The lowest BCUT2D eigenvalue weighted by Crippen LogP contribution is -2.33. The van der Waals surface area contributed by atoms with Crippen LogP contribution in [0.3, 0.4) is 0 Å². The number of thiophene rings is 1. The van der Waals surface area contributed by atoms with Gasteiger partial charge in [0.25, 0.3) is 5.91 Å². The fraction of sp³-hybridized carbons (Fsp3) is 0.348. The summed E-state index contributed by atoms with van der Waals surface area (Å²) in [7, 11) is 3.90. The first-order valence-corrected chi connectivity index (χ1v) is 11.3. The number of nitrogens with one attached hydrogen (secondary N) is 1. The Morgan fingerprint density at radius 3 is 2.81 bits per heavy atom. The summed E-state index contributed by atoms with van der Waals surface area (Å²) in [4.78, 5) is 25.2. The molecule has 0 radical (unpaired) electrons. The van der Waals surface area contributed by atoms with Crippen LogP contribution < -0.4 is 15.0 Å². The number of benzene rings is 1. The standard InChI is InChI=1S/C23H27N5O2S/c1-24-9-7-21(18-8-12-31-15-18)30-19-5-3-17(4-6-19)14-28-11-10-27(2)22-20(23(28)29)13-25-16-26-22/h3-6,8,12-13,15-16,21,24H,7,9-11,14H2,1-2H3. The van der Waals surface area contributed by atoms with Gasteiger partial charge in [0.2, 0.25) is 0 Å². The molecule has 7 nitrogen and oxygen atoms in total. The van der Waals surface area contributed by atoms with Crippen molar-refractivity contribution >= 4 is 23.1 Å². The molecule has 0 saturated heterocycles. The summed E-state index contributed by atoms with van der Waals surface area (Å²) in [6.07, 6.45) is 4.00. The summed E-state index contributed by atoms with van der Waals surface area (Å²) in [6, 6.07) is 10.1. The molecule has 0 aliphatic carbocycles. The molecule has 0 saturated carbocycles. The Morgan fingerprint density at radius 2 is 2.06 bits per heavy atom. The summed E-state index contributed by atoms with van der Waals surface area (Å²) in [5.41, 5.74) is 2.81. The van der Waals surface area contributed by atoms with E-state index in [1.54, 1.807) is 17.5 Å². The number of nitrogens with zero attached hydrogens (tertiary/aromatic N) is 4. The van der Waals surface area contributed by atoms with Crippen LogP contribution >= 0.6 is 11.3 Å². The smallest absolute Gasteiger partial charge is 0.259 e. The average molecular weight is 438 g/mol. The monoisotopic (exact) mass is 437 g/mol. The number of carbonyl (C=O) groups excluding carboxylic acids is 1. The van der Waals surface area contributed by atoms with Crippen molar-refractivity contribution in [2.45, 2.75) is 19.1 Å². The van der Waals surface area contributed by atoms with E-state index >= 15 is 0 Å². The summed E-state index contributed by atoms with van der Waals surface area (Å²) < 4.78 is 6.27. The molecular weight excluding hydrogens is 410 g/mol. The molecule has 0 bridgehead atoms. The second-order valence-corrected chi connectivity index (χ2v) is 8.39. The molecular formula is C23H27N5O2S. The third-order valence-electron chi connectivity index (χ3n) is 5.42. The first kappa shape index (κ1) is 21.3. The highest BCUT2D eigenvalue weighted by atomic mass is 32.1. The van der Waals surface area contributed by atoms with Gasteiger partial charge < -0.3 is 19.9 Å². The fourth-order valence-corrected chi connectivity index (χ4v) is 4.36. The van der Waals surface area contributed by atoms with Gasteiger partial charge in [0.1, 0.15) is 29.6 Å². The van der Waals surface area contributed by atoms with Gasteiger partial charge in [-0.05, 0) is 48.1 Å². The van der Waals surface area contributed by atoms with Gasteiger partial charge in [0.05, 0.1) is 0 Å². The minimum atomic E-state index is -0.0372. The van der Waals surface area contributed by atoms with Crippen molar-refractivity contribution in [1.82, 2.24) is 20.2 Å². The topological polar surface area (TPSA) is 70.6 Å². The average Bonchev–Trinajstić information content (AvgIpc) is 3.31. The van der Waals surface area contributed by atoms with E-state index in [1.165, 1.54) is 11.9 Å². The minimum absolute atomic E-state index is 0.0174. The highest BCUT2D eigenvalue weighted by Gasteiger charge is 2.26. The lowest BCUT2D eigenvalue weighted by molar-refractivity contribution is 0.0754. The van der Waals surface area contributed by atoms with Crippen LogP contribution in [0.25, 0.3) is 0 Å². The predicted molar refractivity (Wildman–Crippen MR) is 123 cm³/mol. The van der Waals surface area contributed by atoms with E-state index in [1.807, 2.05) is 48.2 Å². The maximum Gasteiger partial charge on any atom is 0.259 e. The Morgan fingerprint density at radius 1 is 1.23 bits per heavy atom. The zero-order valence-electron chi connectivity index (χ0n) is 17.8. The van der Waals surface area contributed by atoms with E-state index < -0.39 is 0 Å². The summed E-state index contributed by atoms with van der Waals surface area (Å²) >= 11 is 1.68. The van der Waals surface area contributed by atoms with Gasteiger partial charge in [0, 0.05) is 44.9 Å². The van der Waals surface area contributed by atoms with Crippen molar-refractivity contribution < 1.29 is 9.53 Å². The third-order valence-corrected chi connectivity index (χ3v) is 6.12. The predicted octanol–water partition coefficient (Wildman–Crippen LogP) is 3.36. The molecule has 4 rings (SSSR count).